The third-order valence-corrected chi connectivity index (χ3v) is 5.56. The number of thiophene rings is 1. The van der Waals surface area contributed by atoms with Crippen molar-refractivity contribution in [1.29, 1.82) is 0 Å². The van der Waals surface area contributed by atoms with Gasteiger partial charge in [0.1, 0.15) is 13.2 Å². The van der Waals surface area contributed by atoms with E-state index >= 15 is 0 Å². The summed E-state index contributed by atoms with van der Waals surface area (Å²) in [5.41, 5.74) is 2.65. The predicted molar refractivity (Wildman–Crippen MR) is 108 cm³/mol. The van der Waals surface area contributed by atoms with Crippen molar-refractivity contribution in [1.82, 2.24) is 9.97 Å². The van der Waals surface area contributed by atoms with Crippen LogP contribution in [0.2, 0.25) is 0 Å². The SMILES string of the molecule is O=C(Nc1ccc2[nH]c(=O)[nH]c2c1)c1ccc(-c2ccc3c(c2)OCCO3)s1. The Morgan fingerprint density at radius 2 is 1.75 bits per heavy atom. The van der Waals surface area contributed by atoms with Crippen LogP contribution in [0.3, 0.4) is 0 Å². The molecular formula is C20H15N3O4S. The Bertz CT molecular complexity index is 1250. The fraction of sp³-hybridized carbons (Fsp3) is 0.100. The number of aromatic amines is 2. The number of H-pyrrole nitrogens is 2. The standard InChI is InChI=1S/C20H15N3O4S/c24-19(21-12-2-3-13-14(10-12)23-20(25)22-13)18-6-5-17(28-18)11-1-4-15-16(9-11)27-8-7-26-15/h1-6,9-10H,7-8H2,(H,21,24)(H2,22,23,25). The fourth-order valence-corrected chi connectivity index (χ4v) is 4.01. The molecule has 1 amide bonds. The number of amides is 1. The molecule has 3 heterocycles. The number of hydrogen-bond acceptors (Lipinski definition) is 5. The summed E-state index contributed by atoms with van der Waals surface area (Å²) in [5.74, 6) is 1.26. The summed E-state index contributed by atoms with van der Waals surface area (Å²) in [4.78, 5) is 30.9. The number of hydrogen-bond donors (Lipinski definition) is 3. The van der Waals surface area contributed by atoms with Gasteiger partial charge in [-0.1, -0.05) is 0 Å². The van der Waals surface area contributed by atoms with Crippen molar-refractivity contribution in [3.05, 3.63) is 63.9 Å². The molecule has 4 aromatic rings. The lowest BCUT2D eigenvalue weighted by molar-refractivity contribution is 0.103. The fourth-order valence-electron chi connectivity index (χ4n) is 3.11. The second kappa shape index (κ2) is 6.58. The van der Waals surface area contributed by atoms with E-state index in [-0.39, 0.29) is 11.6 Å². The molecule has 0 aliphatic carbocycles. The lowest BCUT2D eigenvalue weighted by Gasteiger charge is -2.18. The Morgan fingerprint density at radius 3 is 2.64 bits per heavy atom. The van der Waals surface area contributed by atoms with Crippen LogP contribution in [0, 0.1) is 0 Å². The third-order valence-electron chi connectivity index (χ3n) is 4.43. The number of imidazole rings is 1. The molecule has 0 saturated carbocycles. The number of nitrogens with one attached hydrogen (secondary N) is 3. The van der Waals surface area contributed by atoms with Gasteiger partial charge in [0.05, 0.1) is 15.9 Å². The van der Waals surface area contributed by atoms with Gasteiger partial charge in [-0.3, -0.25) is 4.79 Å². The van der Waals surface area contributed by atoms with Gasteiger partial charge >= 0.3 is 5.69 Å². The normalized spacial score (nSPS) is 12.9. The summed E-state index contributed by atoms with van der Waals surface area (Å²) in [7, 11) is 0. The average Bonchev–Trinajstić information content (AvgIpc) is 3.33. The molecule has 2 aromatic heterocycles. The van der Waals surface area contributed by atoms with Crippen LogP contribution in [0.25, 0.3) is 21.5 Å². The zero-order valence-electron chi connectivity index (χ0n) is 14.6. The minimum absolute atomic E-state index is 0.203. The molecule has 0 atom stereocenters. The van der Waals surface area contributed by atoms with E-state index in [2.05, 4.69) is 15.3 Å². The highest BCUT2D eigenvalue weighted by Crippen LogP contribution is 2.37. The number of rotatable bonds is 3. The molecule has 140 valence electrons. The molecule has 0 bridgehead atoms. The van der Waals surface area contributed by atoms with Crippen molar-refractivity contribution in [2.24, 2.45) is 0 Å². The Balaban J connectivity index is 1.37. The number of benzene rings is 2. The summed E-state index contributed by atoms with van der Waals surface area (Å²) in [6, 6.07) is 14.7. The summed E-state index contributed by atoms with van der Waals surface area (Å²) in [5, 5.41) is 2.87. The maximum absolute atomic E-state index is 12.6. The minimum Gasteiger partial charge on any atom is -0.486 e. The molecule has 8 heteroatoms. The van der Waals surface area contributed by atoms with Crippen LogP contribution in [-0.4, -0.2) is 29.1 Å². The van der Waals surface area contributed by atoms with Crippen LogP contribution in [0.1, 0.15) is 9.67 Å². The van der Waals surface area contributed by atoms with Crippen LogP contribution in [-0.2, 0) is 0 Å². The van der Waals surface area contributed by atoms with Crippen molar-refractivity contribution in [2.75, 3.05) is 18.5 Å². The minimum atomic E-state index is -0.277. The van der Waals surface area contributed by atoms with Gasteiger partial charge in [-0.05, 0) is 54.1 Å². The van der Waals surface area contributed by atoms with E-state index < -0.39 is 0 Å². The number of fused-ring (bicyclic) bond motifs is 2. The molecule has 1 aliphatic heterocycles. The molecule has 0 radical (unpaired) electrons. The van der Waals surface area contributed by atoms with E-state index in [1.165, 1.54) is 11.3 Å². The largest absolute Gasteiger partial charge is 0.486 e. The lowest BCUT2D eigenvalue weighted by Crippen LogP contribution is -2.15. The maximum Gasteiger partial charge on any atom is 0.323 e. The molecule has 0 unspecified atom stereocenters. The Morgan fingerprint density at radius 1 is 0.929 bits per heavy atom. The first-order valence-electron chi connectivity index (χ1n) is 8.69. The van der Waals surface area contributed by atoms with Gasteiger partial charge in [0.15, 0.2) is 11.5 Å². The number of ether oxygens (including phenoxy) is 2. The lowest BCUT2D eigenvalue weighted by atomic mass is 10.1. The van der Waals surface area contributed by atoms with Crippen molar-refractivity contribution < 1.29 is 14.3 Å². The van der Waals surface area contributed by atoms with Crippen LogP contribution in [0.4, 0.5) is 5.69 Å². The van der Waals surface area contributed by atoms with E-state index in [1.807, 2.05) is 24.3 Å². The molecule has 7 nitrogen and oxygen atoms in total. The first kappa shape index (κ1) is 16.6. The molecule has 0 spiro atoms. The zero-order valence-corrected chi connectivity index (χ0v) is 15.4. The zero-order chi connectivity index (χ0) is 19.1. The smallest absolute Gasteiger partial charge is 0.323 e. The topological polar surface area (TPSA) is 96.2 Å². The molecule has 5 rings (SSSR count). The first-order chi connectivity index (χ1) is 13.7. The van der Waals surface area contributed by atoms with Crippen molar-refractivity contribution >= 4 is 34.0 Å². The predicted octanol–water partition coefficient (Wildman–Crippen LogP) is 3.61. The van der Waals surface area contributed by atoms with Crippen LogP contribution >= 0.6 is 11.3 Å². The van der Waals surface area contributed by atoms with Gasteiger partial charge in [0.25, 0.3) is 5.91 Å². The number of aromatic nitrogens is 2. The first-order valence-corrected chi connectivity index (χ1v) is 9.51. The van der Waals surface area contributed by atoms with Crippen molar-refractivity contribution in [3.8, 4) is 21.9 Å². The Hall–Kier alpha value is -3.52. The van der Waals surface area contributed by atoms with E-state index in [9.17, 15) is 9.59 Å². The summed E-state index contributed by atoms with van der Waals surface area (Å²) in [6.45, 7) is 1.09. The quantitative estimate of drug-likeness (QED) is 0.495. The molecule has 3 N–H and O–H groups in total. The second-order valence-corrected chi connectivity index (χ2v) is 7.40. The van der Waals surface area contributed by atoms with Gasteiger partial charge in [-0.15, -0.1) is 11.3 Å². The van der Waals surface area contributed by atoms with E-state index in [1.54, 1.807) is 24.3 Å². The molecule has 1 aliphatic rings. The van der Waals surface area contributed by atoms with Crippen molar-refractivity contribution in [2.45, 2.75) is 0 Å². The Labute approximate surface area is 162 Å². The van der Waals surface area contributed by atoms with Gasteiger partial charge < -0.3 is 24.8 Å². The second-order valence-electron chi connectivity index (χ2n) is 6.32. The molecule has 2 aromatic carbocycles. The highest BCUT2D eigenvalue weighted by molar-refractivity contribution is 7.17. The summed E-state index contributed by atoms with van der Waals surface area (Å²) < 4.78 is 11.2. The molecule has 0 fully saturated rings. The highest BCUT2D eigenvalue weighted by Gasteiger charge is 2.15. The van der Waals surface area contributed by atoms with Gasteiger partial charge in [0.2, 0.25) is 0 Å². The monoisotopic (exact) mass is 393 g/mol. The number of carbonyl (C=O) groups is 1. The van der Waals surface area contributed by atoms with Crippen LogP contribution in [0.15, 0.2) is 53.3 Å². The summed E-state index contributed by atoms with van der Waals surface area (Å²) in [6.07, 6.45) is 0. The molecular weight excluding hydrogens is 378 g/mol. The van der Waals surface area contributed by atoms with E-state index in [0.717, 1.165) is 21.9 Å². The van der Waals surface area contributed by atoms with E-state index in [4.69, 9.17) is 9.47 Å². The maximum atomic E-state index is 12.6. The number of anilines is 1. The van der Waals surface area contributed by atoms with Crippen molar-refractivity contribution in [3.63, 3.8) is 0 Å². The van der Waals surface area contributed by atoms with Gasteiger partial charge in [-0.25, -0.2) is 4.79 Å². The molecule has 28 heavy (non-hydrogen) atoms. The number of carbonyl (C=O) groups excluding carboxylic acids is 1. The van der Waals surface area contributed by atoms with Crippen LogP contribution < -0.4 is 20.5 Å². The Kier molecular flexibility index (Phi) is 3.91. The van der Waals surface area contributed by atoms with E-state index in [0.29, 0.717) is 34.8 Å². The summed E-state index contributed by atoms with van der Waals surface area (Å²) >= 11 is 1.40. The average molecular weight is 393 g/mol. The molecule has 0 saturated heterocycles. The van der Waals surface area contributed by atoms with Crippen LogP contribution in [0.5, 0.6) is 11.5 Å². The highest BCUT2D eigenvalue weighted by atomic mass is 32.1. The van der Waals surface area contributed by atoms with Gasteiger partial charge in [-0.2, -0.15) is 0 Å². The third kappa shape index (κ3) is 3.03. The van der Waals surface area contributed by atoms with Gasteiger partial charge in [0, 0.05) is 10.6 Å².